The van der Waals surface area contributed by atoms with Crippen LogP contribution in [0.2, 0.25) is 0 Å². The van der Waals surface area contributed by atoms with E-state index in [1.165, 1.54) is 25.5 Å². The second-order valence-electron chi connectivity index (χ2n) is 8.59. The van der Waals surface area contributed by atoms with Crippen LogP contribution in [0.15, 0.2) is 82.8 Å². The Labute approximate surface area is 212 Å². The van der Waals surface area contributed by atoms with E-state index in [0.29, 0.717) is 24.0 Å². The fourth-order valence-electron chi connectivity index (χ4n) is 3.16. The quantitative estimate of drug-likeness (QED) is 0.306. The fourth-order valence-corrected chi connectivity index (χ4v) is 4.58. The normalized spacial score (nSPS) is 11.5. The van der Waals surface area contributed by atoms with Crippen molar-refractivity contribution in [3.8, 4) is 11.5 Å². The first-order valence-electron chi connectivity index (χ1n) is 11.5. The van der Waals surface area contributed by atoms with Crippen molar-refractivity contribution in [1.29, 1.82) is 0 Å². The highest BCUT2D eigenvalue weighted by Crippen LogP contribution is 2.25. The highest BCUT2D eigenvalue weighted by molar-refractivity contribution is 7.92. The zero-order valence-electron chi connectivity index (χ0n) is 20.8. The van der Waals surface area contributed by atoms with Crippen LogP contribution in [0.1, 0.15) is 25.0 Å². The highest BCUT2D eigenvalue weighted by atomic mass is 32.2. The van der Waals surface area contributed by atoms with E-state index in [0.717, 1.165) is 21.2 Å². The molecule has 0 saturated carbocycles. The molecule has 0 radical (unpaired) electrons. The molecular formula is C27H31N3O5S. The van der Waals surface area contributed by atoms with Gasteiger partial charge in [-0.15, -0.1) is 0 Å². The second kappa shape index (κ2) is 12.2. The van der Waals surface area contributed by atoms with Crippen LogP contribution in [0.4, 0.5) is 5.69 Å². The molecular weight excluding hydrogens is 478 g/mol. The van der Waals surface area contributed by atoms with Gasteiger partial charge in [0.15, 0.2) is 0 Å². The molecule has 0 aromatic heterocycles. The first kappa shape index (κ1) is 26.7. The van der Waals surface area contributed by atoms with Gasteiger partial charge >= 0.3 is 0 Å². The smallest absolute Gasteiger partial charge is 0.264 e. The number of hydrazone groups is 1. The molecule has 3 rings (SSSR count). The maximum absolute atomic E-state index is 13.4. The molecule has 0 heterocycles. The van der Waals surface area contributed by atoms with Crippen molar-refractivity contribution in [2.45, 2.75) is 25.7 Å². The summed E-state index contributed by atoms with van der Waals surface area (Å²) in [6, 6.07) is 20.2. The van der Waals surface area contributed by atoms with E-state index in [-0.39, 0.29) is 4.90 Å². The molecule has 0 bridgehead atoms. The van der Waals surface area contributed by atoms with Gasteiger partial charge in [0, 0.05) is 0 Å². The zero-order chi connectivity index (χ0) is 26.1. The summed E-state index contributed by atoms with van der Waals surface area (Å²) in [5.41, 5.74) is 4.51. The molecule has 3 aromatic carbocycles. The number of ether oxygens (including phenoxy) is 2. The van der Waals surface area contributed by atoms with E-state index < -0.39 is 22.5 Å². The van der Waals surface area contributed by atoms with Gasteiger partial charge in [-0.2, -0.15) is 5.10 Å². The van der Waals surface area contributed by atoms with Crippen molar-refractivity contribution in [3.63, 3.8) is 0 Å². The van der Waals surface area contributed by atoms with Crippen LogP contribution in [0.25, 0.3) is 0 Å². The van der Waals surface area contributed by atoms with Gasteiger partial charge in [0.05, 0.1) is 30.5 Å². The number of amides is 1. The van der Waals surface area contributed by atoms with Crippen molar-refractivity contribution in [2.24, 2.45) is 11.0 Å². The lowest BCUT2D eigenvalue weighted by molar-refractivity contribution is -0.119. The minimum Gasteiger partial charge on any atom is -0.497 e. The molecule has 0 fully saturated rings. The molecule has 1 N–H and O–H groups in total. The number of hydrogen-bond acceptors (Lipinski definition) is 6. The molecule has 9 heteroatoms. The topological polar surface area (TPSA) is 97.3 Å². The average Bonchev–Trinajstić information content (AvgIpc) is 2.87. The lowest BCUT2D eigenvalue weighted by Crippen LogP contribution is -2.39. The lowest BCUT2D eigenvalue weighted by Gasteiger charge is -2.24. The summed E-state index contributed by atoms with van der Waals surface area (Å²) in [4.78, 5) is 12.7. The van der Waals surface area contributed by atoms with Crippen molar-refractivity contribution in [3.05, 3.63) is 83.9 Å². The predicted molar refractivity (Wildman–Crippen MR) is 141 cm³/mol. The molecule has 0 unspecified atom stereocenters. The number of anilines is 1. The maximum Gasteiger partial charge on any atom is 0.264 e. The molecule has 0 aliphatic carbocycles. The van der Waals surface area contributed by atoms with Crippen LogP contribution in [-0.2, 0) is 14.8 Å². The minimum atomic E-state index is -4.03. The Morgan fingerprint density at radius 2 is 1.58 bits per heavy atom. The Kier molecular flexibility index (Phi) is 9.08. The first-order chi connectivity index (χ1) is 17.2. The van der Waals surface area contributed by atoms with E-state index in [2.05, 4.69) is 24.4 Å². The van der Waals surface area contributed by atoms with Gasteiger partial charge in [0.1, 0.15) is 18.0 Å². The summed E-state index contributed by atoms with van der Waals surface area (Å²) in [5.74, 6) is 1.13. The molecule has 0 aliphatic rings. The summed E-state index contributed by atoms with van der Waals surface area (Å²) >= 11 is 0. The van der Waals surface area contributed by atoms with E-state index in [1.54, 1.807) is 36.4 Å². The van der Waals surface area contributed by atoms with E-state index in [4.69, 9.17) is 9.47 Å². The molecule has 0 spiro atoms. The predicted octanol–water partition coefficient (Wildman–Crippen LogP) is 4.38. The van der Waals surface area contributed by atoms with Gasteiger partial charge in [0.25, 0.3) is 15.9 Å². The van der Waals surface area contributed by atoms with Crippen molar-refractivity contribution in [2.75, 3.05) is 24.6 Å². The molecule has 3 aromatic rings. The molecule has 190 valence electrons. The standard InChI is InChI=1S/C27H31N3O5S/c1-20(2)19-35-25-11-7-22(8-12-25)17-28-29-27(31)18-30(23-9-5-21(3)6-10-23)36(32,33)26-15-13-24(34-4)14-16-26/h5-17,20H,18-19H2,1-4H3,(H,29,31)/b28-17+. The number of sulfonamides is 1. The largest absolute Gasteiger partial charge is 0.497 e. The van der Waals surface area contributed by atoms with Crippen LogP contribution < -0.4 is 19.2 Å². The number of hydrogen-bond donors (Lipinski definition) is 1. The number of benzene rings is 3. The molecule has 1 amide bonds. The average molecular weight is 510 g/mol. The Morgan fingerprint density at radius 1 is 0.972 bits per heavy atom. The van der Waals surface area contributed by atoms with Crippen LogP contribution in [0.5, 0.6) is 11.5 Å². The van der Waals surface area contributed by atoms with Gasteiger partial charge in [-0.1, -0.05) is 31.5 Å². The van der Waals surface area contributed by atoms with Gasteiger partial charge in [-0.3, -0.25) is 9.10 Å². The summed E-state index contributed by atoms with van der Waals surface area (Å²) in [6.07, 6.45) is 1.48. The van der Waals surface area contributed by atoms with Crippen molar-refractivity contribution >= 4 is 27.8 Å². The Morgan fingerprint density at radius 3 is 2.17 bits per heavy atom. The number of nitrogens with one attached hydrogen (secondary N) is 1. The second-order valence-corrected chi connectivity index (χ2v) is 10.5. The summed E-state index contributed by atoms with van der Waals surface area (Å²) < 4.78 is 38.7. The number of carbonyl (C=O) groups excluding carboxylic acids is 1. The molecule has 0 atom stereocenters. The third-order valence-corrected chi connectivity index (χ3v) is 6.91. The molecule has 8 nitrogen and oxygen atoms in total. The monoisotopic (exact) mass is 509 g/mol. The van der Waals surface area contributed by atoms with Crippen molar-refractivity contribution < 1.29 is 22.7 Å². The number of aryl methyl sites for hydroxylation is 1. The Balaban J connectivity index is 1.73. The number of nitrogens with zero attached hydrogens (tertiary/aromatic N) is 2. The maximum atomic E-state index is 13.4. The summed E-state index contributed by atoms with van der Waals surface area (Å²) in [6.45, 7) is 6.23. The van der Waals surface area contributed by atoms with Crippen LogP contribution in [0, 0.1) is 12.8 Å². The summed E-state index contributed by atoms with van der Waals surface area (Å²) in [5, 5.41) is 3.98. The molecule has 0 saturated heterocycles. The van der Waals surface area contributed by atoms with Crippen molar-refractivity contribution in [1.82, 2.24) is 5.43 Å². The van der Waals surface area contributed by atoms with Crippen LogP contribution in [-0.4, -0.2) is 40.8 Å². The van der Waals surface area contributed by atoms with Crippen LogP contribution >= 0.6 is 0 Å². The van der Waals surface area contributed by atoms with E-state index in [1.807, 2.05) is 31.2 Å². The Bertz CT molecular complexity index is 1270. The minimum absolute atomic E-state index is 0.0416. The van der Waals surface area contributed by atoms with Gasteiger partial charge in [0.2, 0.25) is 0 Å². The lowest BCUT2D eigenvalue weighted by atomic mass is 10.2. The van der Waals surface area contributed by atoms with E-state index >= 15 is 0 Å². The van der Waals surface area contributed by atoms with Crippen LogP contribution in [0.3, 0.4) is 0 Å². The zero-order valence-corrected chi connectivity index (χ0v) is 21.7. The highest BCUT2D eigenvalue weighted by Gasteiger charge is 2.27. The summed E-state index contributed by atoms with van der Waals surface area (Å²) in [7, 11) is -2.53. The third-order valence-electron chi connectivity index (χ3n) is 5.12. The van der Waals surface area contributed by atoms with Gasteiger partial charge < -0.3 is 9.47 Å². The number of rotatable bonds is 11. The number of carbonyl (C=O) groups is 1. The number of methoxy groups -OCH3 is 1. The molecule has 0 aliphatic heterocycles. The fraction of sp³-hybridized carbons (Fsp3) is 0.259. The third kappa shape index (κ3) is 7.32. The molecule has 36 heavy (non-hydrogen) atoms. The van der Waals surface area contributed by atoms with Gasteiger partial charge in [-0.05, 0) is 79.1 Å². The van der Waals surface area contributed by atoms with Gasteiger partial charge in [-0.25, -0.2) is 13.8 Å². The first-order valence-corrected chi connectivity index (χ1v) is 12.9. The Hall–Kier alpha value is -3.85. The van der Waals surface area contributed by atoms with E-state index in [9.17, 15) is 13.2 Å². The SMILES string of the molecule is COc1ccc(S(=O)(=O)N(CC(=O)N/N=C/c2ccc(OCC(C)C)cc2)c2ccc(C)cc2)cc1.